The van der Waals surface area contributed by atoms with Crippen molar-refractivity contribution in [3.8, 4) is 0 Å². The zero-order valence-corrected chi connectivity index (χ0v) is 33.5. The fraction of sp³-hybridized carbons (Fsp3) is 0.556. The van der Waals surface area contributed by atoms with Gasteiger partial charge in [-0.05, 0) is 170 Å². The van der Waals surface area contributed by atoms with Crippen LogP contribution in [0.5, 0.6) is 0 Å². The second-order valence-corrected chi connectivity index (χ2v) is 20.4. The zero-order valence-electron chi connectivity index (χ0n) is 33.5. The Balaban J connectivity index is 1.16. The molecular formula is C54H64. The lowest BCUT2D eigenvalue weighted by Gasteiger charge is -2.61. The molecule has 7 aliphatic rings. The summed E-state index contributed by atoms with van der Waals surface area (Å²) in [6.07, 6.45) is 14.8. The first kappa shape index (κ1) is 34.2. The second kappa shape index (κ2) is 13.2. The van der Waals surface area contributed by atoms with Gasteiger partial charge in [0.15, 0.2) is 0 Å². The van der Waals surface area contributed by atoms with Crippen molar-refractivity contribution in [3.05, 3.63) is 142 Å². The Morgan fingerprint density at radius 2 is 0.556 bits per heavy atom. The van der Waals surface area contributed by atoms with Crippen molar-refractivity contribution in [1.82, 2.24) is 0 Å². The van der Waals surface area contributed by atoms with Crippen LogP contribution in [0.4, 0.5) is 0 Å². The Morgan fingerprint density at radius 1 is 0.296 bits per heavy atom. The van der Waals surface area contributed by atoms with Gasteiger partial charge in [-0.3, -0.25) is 0 Å². The van der Waals surface area contributed by atoms with E-state index in [1.807, 2.05) is 0 Å². The van der Waals surface area contributed by atoms with Gasteiger partial charge in [0.25, 0.3) is 0 Å². The molecule has 0 N–H and O–H groups in total. The fourth-order valence-corrected chi connectivity index (χ4v) is 16.6. The molecule has 0 spiro atoms. The fourth-order valence-electron chi connectivity index (χ4n) is 16.6. The number of aryl methyl sites for hydroxylation is 4. The summed E-state index contributed by atoms with van der Waals surface area (Å²) in [5, 5.41) is 0. The highest BCUT2D eigenvalue weighted by Crippen LogP contribution is 2.79. The summed E-state index contributed by atoms with van der Waals surface area (Å²) in [5.41, 5.74) is 12.4. The van der Waals surface area contributed by atoms with Crippen LogP contribution >= 0.6 is 0 Å². The van der Waals surface area contributed by atoms with Gasteiger partial charge in [0.1, 0.15) is 0 Å². The summed E-state index contributed by atoms with van der Waals surface area (Å²) in [5.74, 6) is 12.8. The van der Waals surface area contributed by atoms with Crippen molar-refractivity contribution in [2.24, 2.45) is 71.0 Å². The van der Waals surface area contributed by atoms with Gasteiger partial charge < -0.3 is 0 Å². The molecule has 16 atom stereocenters. The number of benzene rings is 4. The van der Waals surface area contributed by atoms with Crippen molar-refractivity contribution in [2.75, 3.05) is 0 Å². The molecule has 16 unspecified atom stereocenters. The highest BCUT2D eigenvalue weighted by Gasteiger charge is 2.72. The molecule has 4 aromatic rings. The van der Waals surface area contributed by atoms with Crippen molar-refractivity contribution in [1.29, 1.82) is 0 Å². The van der Waals surface area contributed by atoms with Crippen LogP contribution in [0.15, 0.2) is 97.1 Å². The molecule has 280 valence electrons. The van der Waals surface area contributed by atoms with E-state index in [0.29, 0.717) is 23.7 Å². The van der Waals surface area contributed by atoms with Gasteiger partial charge in [-0.15, -0.1) is 0 Å². The van der Waals surface area contributed by atoms with Crippen LogP contribution in [0.2, 0.25) is 0 Å². The number of rotatable bonds is 4. The standard InChI is InChI=1S/C54H64/c1-31-13-21-35(22-14-31)45-47(37-25-17-33(3)18-26-37)51-43-30-40-10-6-8-12-42(40)50-46(36-23-15-32(2)16-24-36)48(38-27-19-34(4)20-28-38)52(54(43)50)44-29-39-9-5-7-11-41(39)49(45)53(44)51/h13-28,39-54H,5-12,29-30H2,1-4H3. The molecule has 7 fully saturated rings. The van der Waals surface area contributed by atoms with E-state index in [0.717, 1.165) is 71.0 Å². The maximum Gasteiger partial charge on any atom is -0.00563 e. The van der Waals surface area contributed by atoms with Crippen molar-refractivity contribution in [3.63, 3.8) is 0 Å². The molecule has 7 aliphatic carbocycles. The Bertz CT molecular complexity index is 1800. The van der Waals surface area contributed by atoms with Crippen LogP contribution < -0.4 is 0 Å². The maximum absolute atomic E-state index is 2.61. The van der Waals surface area contributed by atoms with Crippen LogP contribution in [0.3, 0.4) is 0 Å². The van der Waals surface area contributed by atoms with E-state index in [-0.39, 0.29) is 0 Å². The third kappa shape index (κ3) is 5.19. The summed E-state index contributed by atoms with van der Waals surface area (Å²) in [6.45, 7) is 9.19. The van der Waals surface area contributed by atoms with E-state index >= 15 is 0 Å². The first-order valence-electron chi connectivity index (χ1n) is 22.7. The lowest BCUT2D eigenvalue weighted by Crippen LogP contribution is -2.55. The molecule has 54 heavy (non-hydrogen) atoms. The molecule has 0 bridgehead atoms. The van der Waals surface area contributed by atoms with Crippen LogP contribution in [-0.4, -0.2) is 0 Å². The molecule has 0 aliphatic heterocycles. The van der Waals surface area contributed by atoms with Crippen LogP contribution in [0, 0.1) is 98.7 Å². The summed E-state index contributed by atoms with van der Waals surface area (Å²) in [6, 6.07) is 40.5. The van der Waals surface area contributed by atoms with E-state index < -0.39 is 0 Å². The number of hydrogen-bond acceptors (Lipinski definition) is 0. The minimum absolute atomic E-state index is 0.634. The Labute approximate surface area is 327 Å². The summed E-state index contributed by atoms with van der Waals surface area (Å²) in [7, 11) is 0. The largest absolute Gasteiger partial charge is 0.0590 e. The predicted octanol–water partition coefficient (Wildman–Crippen LogP) is 13.7. The molecule has 0 aromatic heterocycles. The monoisotopic (exact) mass is 713 g/mol. The third-order valence-corrected chi connectivity index (χ3v) is 18.1. The Hall–Kier alpha value is -3.12. The molecule has 0 saturated heterocycles. The van der Waals surface area contributed by atoms with E-state index in [1.54, 1.807) is 22.3 Å². The SMILES string of the molecule is Cc1ccc(C2C(c3ccc(C)cc3)C3C4CC5CCCCC5C5C(c6ccc(C)cc6)C(c6ccc(C)cc6)C(C6CC7CCCCC7C2C63)C45)cc1. The van der Waals surface area contributed by atoms with E-state index in [9.17, 15) is 0 Å². The third-order valence-electron chi connectivity index (χ3n) is 18.1. The summed E-state index contributed by atoms with van der Waals surface area (Å²) >= 11 is 0. The Morgan fingerprint density at radius 3 is 0.852 bits per heavy atom. The quantitative estimate of drug-likeness (QED) is 0.198. The minimum atomic E-state index is 0.634. The van der Waals surface area contributed by atoms with Crippen molar-refractivity contribution in [2.45, 2.75) is 116 Å². The van der Waals surface area contributed by atoms with Gasteiger partial charge >= 0.3 is 0 Å². The van der Waals surface area contributed by atoms with E-state index in [4.69, 9.17) is 0 Å². The normalized spacial score (nSPS) is 41.7. The predicted molar refractivity (Wildman–Crippen MR) is 224 cm³/mol. The lowest BCUT2D eigenvalue weighted by molar-refractivity contribution is -0.124. The van der Waals surface area contributed by atoms with Crippen molar-refractivity contribution >= 4 is 0 Å². The van der Waals surface area contributed by atoms with Crippen molar-refractivity contribution < 1.29 is 0 Å². The average Bonchev–Trinajstić information content (AvgIpc) is 3.74. The highest BCUT2D eigenvalue weighted by atomic mass is 14.8. The molecule has 0 radical (unpaired) electrons. The number of fused-ring (bicyclic) bond motifs is 6. The van der Waals surface area contributed by atoms with Gasteiger partial charge in [-0.25, -0.2) is 0 Å². The van der Waals surface area contributed by atoms with E-state index in [1.165, 1.54) is 86.5 Å². The van der Waals surface area contributed by atoms with Gasteiger partial charge in [0.2, 0.25) is 0 Å². The molecule has 0 amide bonds. The molecule has 0 heterocycles. The summed E-state index contributed by atoms with van der Waals surface area (Å²) in [4.78, 5) is 0. The first-order chi connectivity index (χ1) is 26.4. The molecule has 7 saturated carbocycles. The van der Waals surface area contributed by atoms with Crippen LogP contribution in [0.1, 0.15) is 132 Å². The molecule has 0 nitrogen and oxygen atoms in total. The zero-order chi connectivity index (χ0) is 36.2. The van der Waals surface area contributed by atoms with Crippen LogP contribution in [0.25, 0.3) is 0 Å². The molecular weight excluding hydrogens is 649 g/mol. The maximum atomic E-state index is 2.61. The number of hydrogen-bond donors (Lipinski definition) is 0. The summed E-state index contributed by atoms with van der Waals surface area (Å²) < 4.78 is 0. The Kier molecular flexibility index (Phi) is 8.37. The second-order valence-electron chi connectivity index (χ2n) is 20.4. The van der Waals surface area contributed by atoms with E-state index in [2.05, 4.69) is 125 Å². The topological polar surface area (TPSA) is 0 Å². The van der Waals surface area contributed by atoms with Gasteiger partial charge in [-0.1, -0.05) is 158 Å². The average molecular weight is 713 g/mol. The lowest BCUT2D eigenvalue weighted by atomic mass is 9.43. The highest BCUT2D eigenvalue weighted by molar-refractivity contribution is 5.42. The van der Waals surface area contributed by atoms with Crippen LogP contribution in [-0.2, 0) is 0 Å². The van der Waals surface area contributed by atoms with Gasteiger partial charge in [-0.2, -0.15) is 0 Å². The van der Waals surface area contributed by atoms with Gasteiger partial charge in [0.05, 0.1) is 0 Å². The molecule has 0 heteroatoms. The smallest absolute Gasteiger partial charge is 0.00563 e. The first-order valence-corrected chi connectivity index (χ1v) is 22.7. The van der Waals surface area contributed by atoms with Gasteiger partial charge in [0, 0.05) is 0 Å². The molecule has 4 aromatic carbocycles. The molecule has 11 rings (SSSR count). The minimum Gasteiger partial charge on any atom is -0.0590 e.